The number of hydrogen-bond donors (Lipinski definition) is 0. The zero-order chi connectivity index (χ0) is 10.5. The molecule has 2 fully saturated rings. The maximum atomic E-state index is 6.20. The second kappa shape index (κ2) is 3.06. The van der Waals surface area contributed by atoms with E-state index in [1.807, 2.05) is 6.92 Å². The minimum absolute atomic E-state index is 0.150. The van der Waals surface area contributed by atoms with Crippen molar-refractivity contribution in [1.29, 1.82) is 0 Å². The van der Waals surface area contributed by atoms with Crippen molar-refractivity contribution in [2.45, 2.75) is 50.1 Å². The topological polar surface area (TPSA) is 27.7 Å². The Morgan fingerprint density at radius 2 is 2.40 bits per heavy atom. The van der Waals surface area contributed by atoms with E-state index in [0.29, 0.717) is 0 Å². The van der Waals surface area contributed by atoms with Gasteiger partial charge in [-0.25, -0.2) is 0 Å². The molecule has 1 aliphatic carbocycles. The molecular formula is C12H18O3. The highest BCUT2D eigenvalue weighted by atomic mass is 16.7. The van der Waals surface area contributed by atoms with Crippen LogP contribution in [0, 0.1) is 0 Å². The van der Waals surface area contributed by atoms with Crippen LogP contribution in [0.3, 0.4) is 0 Å². The van der Waals surface area contributed by atoms with Gasteiger partial charge in [0.2, 0.25) is 0 Å². The number of methoxy groups -OCH3 is 1. The van der Waals surface area contributed by atoms with E-state index in [4.69, 9.17) is 14.2 Å². The average molecular weight is 210 g/mol. The summed E-state index contributed by atoms with van der Waals surface area (Å²) in [4.78, 5) is 0. The molecule has 15 heavy (non-hydrogen) atoms. The van der Waals surface area contributed by atoms with Gasteiger partial charge < -0.3 is 14.2 Å². The van der Waals surface area contributed by atoms with Crippen LogP contribution in [0.5, 0.6) is 0 Å². The largest absolute Gasteiger partial charge is 0.370 e. The summed E-state index contributed by atoms with van der Waals surface area (Å²) >= 11 is 0. The SMILES string of the molecule is COC1(C)CC2OCC3=CCCC[C@]32O1. The van der Waals surface area contributed by atoms with Gasteiger partial charge in [-0.3, -0.25) is 0 Å². The van der Waals surface area contributed by atoms with E-state index in [9.17, 15) is 0 Å². The molecular weight excluding hydrogens is 192 g/mol. The fraction of sp³-hybridized carbons (Fsp3) is 0.833. The quantitative estimate of drug-likeness (QED) is 0.620. The van der Waals surface area contributed by atoms with Crippen LogP contribution >= 0.6 is 0 Å². The van der Waals surface area contributed by atoms with E-state index >= 15 is 0 Å². The minimum Gasteiger partial charge on any atom is -0.370 e. The normalized spacial score (nSPS) is 48.7. The molecule has 0 saturated carbocycles. The lowest BCUT2D eigenvalue weighted by molar-refractivity contribution is -0.221. The molecule has 3 nitrogen and oxygen atoms in total. The summed E-state index contributed by atoms with van der Waals surface area (Å²) in [6.07, 6.45) is 6.80. The maximum absolute atomic E-state index is 6.20. The minimum atomic E-state index is -0.457. The van der Waals surface area contributed by atoms with Gasteiger partial charge in [0.1, 0.15) is 5.60 Å². The number of allylic oxidation sites excluding steroid dienone is 1. The van der Waals surface area contributed by atoms with E-state index in [2.05, 4.69) is 6.08 Å². The first-order chi connectivity index (χ1) is 7.19. The summed E-state index contributed by atoms with van der Waals surface area (Å²) in [6.45, 7) is 2.76. The van der Waals surface area contributed by atoms with Crippen molar-refractivity contribution in [3.05, 3.63) is 11.6 Å². The first kappa shape index (κ1) is 9.82. The van der Waals surface area contributed by atoms with Crippen molar-refractivity contribution >= 4 is 0 Å². The summed E-state index contributed by atoms with van der Waals surface area (Å²) in [7, 11) is 1.71. The average Bonchev–Trinajstić information content (AvgIpc) is 2.69. The van der Waals surface area contributed by atoms with Crippen molar-refractivity contribution in [2.24, 2.45) is 0 Å². The fourth-order valence-corrected chi connectivity index (χ4v) is 3.14. The second-order valence-electron chi connectivity index (χ2n) is 4.95. The van der Waals surface area contributed by atoms with Crippen molar-refractivity contribution in [3.8, 4) is 0 Å². The lowest BCUT2D eigenvalue weighted by atomic mass is 9.81. The van der Waals surface area contributed by atoms with E-state index in [1.54, 1.807) is 7.11 Å². The van der Waals surface area contributed by atoms with E-state index in [-0.39, 0.29) is 11.7 Å². The molecule has 2 saturated heterocycles. The molecule has 2 heterocycles. The summed E-state index contributed by atoms with van der Waals surface area (Å²) in [5.74, 6) is -0.457. The molecule has 0 radical (unpaired) electrons. The van der Waals surface area contributed by atoms with Gasteiger partial charge >= 0.3 is 0 Å². The van der Waals surface area contributed by atoms with Gasteiger partial charge in [-0.05, 0) is 31.8 Å². The van der Waals surface area contributed by atoms with Crippen LogP contribution in [0.2, 0.25) is 0 Å². The molecule has 0 bridgehead atoms. The standard InChI is InChI=1S/C12H18O3/c1-11(13-2)7-10-12(15-11)6-4-3-5-9(12)8-14-10/h5,10H,3-4,6-8H2,1-2H3/t10?,11?,12-/m0/s1. The zero-order valence-electron chi connectivity index (χ0n) is 9.41. The van der Waals surface area contributed by atoms with Crippen molar-refractivity contribution in [1.82, 2.24) is 0 Å². The predicted octanol–water partition coefficient (Wildman–Crippen LogP) is 2.02. The van der Waals surface area contributed by atoms with Gasteiger partial charge in [0.05, 0.1) is 12.7 Å². The Labute approximate surface area is 90.4 Å². The van der Waals surface area contributed by atoms with Gasteiger partial charge in [0.25, 0.3) is 0 Å². The van der Waals surface area contributed by atoms with Crippen LogP contribution in [0.15, 0.2) is 11.6 Å². The molecule has 0 amide bonds. The maximum Gasteiger partial charge on any atom is 0.169 e. The molecule has 2 unspecified atom stereocenters. The van der Waals surface area contributed by atoms with Gasteiger partial charge in [-0.15, -0.1) is 0 Å². The number of hydrogen-bond acceptors (Lipinski definition) is 3. The molecule has 84 valence electrons. The lowest BCUT2D eigenvalue weighted by Crippen LogP contribution is -2.40. The Morgan fingerprint density at radius 1 is 1.53 bits per heavy atom. The Bertz CT molecular complexity index is 312. The monoisotopic (exact) mass is 210 g/mol. The Balaban J connectivity index is 1.96. The molecule has 3 heteroatoms. The lowest BCUT2D eigenvalue weighted by Gasteiger charge is -2.34. The van der Waals surface area contributed by atoms with E-state index in [0.717, 1.165) is 19.4 Å². The van der Waals surface area contributed by atoms with Gasteiger partial charge in [0.15, 0.2) is 5.79 Å². The van der Waals surface area contributed by atoms with Crippen LogP contribution in [0.1, 0.15) is 32.6 Å². The highest BCUT2D eigenvalue weighted by Crippen LogP contribution is 2.52. The van der Waals surface area contributed by atoms with E-state index in [1.165, 1.54) is 18.4 Å². The van der Waals surface area contributed by atoms with Crippen LogP contribution in [0.4, 0.5) is 0 Å². The van der Waals surface area contributed by atoms with Crippen LogP contribution < -0.4 is 0 Å². The molecule has 0 aromatic heterocycles. The Hall–Kier alpha value is -0.380. The molecule has 0 aromatic carbocycles. The van der Waals surface area contributed by atoms with Gasteiger partial charge in [-0.2, -0.15) is 0 Å². The summed E-state index contributed by atoms with van der Waals surface area (Å²) in [5.41, 5.74) is 1.20. The second-order valence-corrected chi connectivity index (χ2v) is 4.95. The molecule has 1 spiro atoms. The number of rotatable bonds is 1. The summed E-state index contributed by atoms with van der Waals surface area (Å²) in [5, 5.41) is 0. The van der Waals surface area contributed by atoms with E-state index < -0.39 is 5.79 Å². The highest BCUT2D eigenvalue weighted by molar-refractivity contribution is 5.29. The number of ether oxygens (including phenoxy) is 3. The third-order valence-electron chi connectivity index (χ3n) is 4.03. The predicted molar refractivity (Wildman–Crippen MR) is 55.5 cm³/mol. The highest BCUT2D eigenvalue weighted by Gasteiger charge is 2.60. The summed E-state index contributed by atoms with van der Waals surface area (Å²) in [6, 6.07) is 0. The Morgan fingerprint density at radius 3 is 3.20 bits per heavy atom. The smallest absolute Gasteiger partial charge is 0.169 e. The summed E-state index contributed by atoms with van der Waals surface area (Å²) < 4.78 is 17.5. The molecule has 3 rings (SSSR count). The molecule has 3 atom stereocenters. The van der Waals surface area contributed by atoms with Gasteiger partial charge in [-0.1, -0.05) is 6.08 Å². The first-order valence-corrected chi connectivity index (χ1v) is 5.75. The fourth-order valence-electron chi connectivity index (χ4n) is 3.14. The molecule has 3 aliphatic rings. The van der Waals surface area contributed by atoms with Crippen LogP contribution in [0.25, 0.3) is 0 Å². The van der Waals surface area contributed by atoms with Crippen molar-refractivity contribution in [2.75, 3.05) is 13.7 Å². The van der Waals surface area contributed by atoms with Crippen molar-refractivity contribution < 1.29 is 14.2 Å². The van der Waals surface area contributed by atoms with Crippen LogP contribution in [-0.4, -0.2) is 31.2 Å². The molecule has 0 aromatic rings. The van der Waals surface area contributed by atoms with Crippen molar-refractivity contribution in [3.63, 3.8) is 0 Å². The zero-order valence-corrected chi connectivity index (χ0v) is 9.41. The molecule has 2 aliphatic heterocycles. The first-order valence-electron chi connectivity index (χ1n) is 5.75. The van der Waals surface area contributed by atoms with Gasteiger partial charge in [0, 0.05) is 13.5 Å². The third-order valence-corrected chi connectivity index (χ3v) is 4.03. The molecule has 0 N–H and O–H groups in total. The van der Waals surface area contributed by atoms with Crippen LogP contribution in [-0.2, 0) is 14.2 Å². The Kier molecular flexibility index (Phi) is 2.00. The third kappa shape index (κ3) is 1.23.